The molecule has 34 heavy (non-hydrogen) atoms. The normalized spacial score (nSPS) is 14.2. The Morgan fingerprint density at radius 1 is 1.18 bits per heavy atom. The van der Waals surface area contributed by atoms with E-state index in [1.807, 2.05) is 64.7 Å². The van der Waals surface area contributed by atoms with E-state index in [1.165, 1.54) is 7.11 Å². The molecule has 4 rings (SSSR count). The largest absolute Gasteiger partial charge is 0.485 e. The summed E-state index contributed by atoms with van der Waals surface area (Å²) < 4.78 is 10.9. The van der Waals surface area contributed by atoms with Crippen molar-refractivity contribution in [2.75, 3.05) is 38.7 Å². The molecule has 1 atom stereocenters. The molecule has 0 bridgehead atoms. The molecule has 1 aliphatic heterocycles. The SMILES string of the molecule is COC(=O)NCCC(Oc1ccc(CN2CCN(C)c3ncccc3C2=O)cc1)c1cccs1. The fraction of sp³-hybridized carbons (Fsp3) is 0.320. The fourth-order valence-electron chi connectivity index (χ4n) is 3.84. The van der Waals surface area contributed by atoms with E-state index < -0.39 is 6.09 Å². The Morgan fingerprint density at radius 3 is 2.74 bits per heavy atom. The monoisotopic (exact) mass is 480 g/mol. The molecule has 178 valence electrons. The molecule has 2 amide bonds. The number of likely N-dealkylation sites (N-methyl/N-ethyl adjacent to an activating group) is 1. The molecule has 9 heteroatoms. The predicted molar refractivity (Wildman–Crippen MR) is 131 cm³/mol. The number of fused-ring (bicyclic) bond motifs is 1. The van der Waals surface area contributed by atoms with Crippen molar-refractivity contribution in [1.82, 2.24) is 15.2 Å². The highest BCUT2D eigenvalue weighted by molar-refractivity contribution is 7.10. The van der Waals surface area contributed by atoms with Crippen molar-refractivity contribution >= 4 is 29.2 Å². The van der Waals surface area contributed by atoms with Gasteiger partial charge in [0.1, 0.15) is 17.7 Å². The molecule has 1 aromatic carbocycles. The summed E-state index contributed by atoms with van der Waals surface area (Å²) in [6.45, 7) is 2.30. The van der Waals surface area contributed by atoms with Crippen molar-refractivity contribution in [3.05, 3.63) is 76.1 Å². The Bertz CT molecular complexity index is 1100. The molecular weight excluding hydrogens is 452 g/mol. The van der Waals surface area contributed by atoms with Gasteiger partial charge in [0.25, 0.3) is 5.91 Å². The minimum absolute atomic E-state index is 0.0105. The van der Waals surface area contributed by atoms with E-state index in [1.54, 1.807) is 23.6 Å². The number of pyridine rings is 1. The Morgan fingerprint density at radius 2 is 2.00 bits per heavy atom. The summed E-state index contributed by atoms with van der Waals surface area (Å²) in [6, 6.07) is 15.5. The third-order valence-electron chi connectivity index (χ3n) is 5.67. The van der Waals surface area contributed by atoms with Gasteiger partial charge in [0, 0.05) is 50.7 Å². The van der Waals surface area contributed by atoms with Crippen molar-refractivity contribution in [1.29, 1.82) is 0 Å². The van der Waals surface area contributed by atoms with Crippen molar-refractivity contribution in [2.24, 2.45) is 0 Å². The van der Waals surface area contributed by atoms with Crippen LogP contribution in [-0.4, -0.2) is 55.7 Å². The molecule has 1 unspecified atom stereocenters. The average molecular weight is 481 g/mol. The molecule has 2 aromatic heterocycles. The zero-order chi connectivity index (χ0) is 23.9. The maximum atomic E-state index is 13.1. The number of anilines is 1. The number of amides is 2. The number of hydrogen-bond acceptors (Lipinski definition) is 7. The highest BCUT2D eigenvalue weighted by Gasteiger charge is 2.25. The summed E-state index contributed by atoms with van der Waals surface area (Å²) in [4.78, 5) is 33.8. The predicted octanol–water partition coefficient (Wildman–Crippen LogP) is 4.10. The van der Waals surface area contributed by atoms with Crippen LogP contribution in [0.4, 0.5) is 10.6 Å². The molecular formula is C25H28N4O4S. The summed E-state index contributed by atoms with van der Waals surface area (Å²) >= 11 is 1.62. The van der Waals surface area contributed by atoms with Gasteiger partial charge in [-0.05, 0) is 41.3 Å². The number of hydrogen-bond donors (Lipinski definition) is 1. The first-order valence-corrected chi connectivity index (χ1v) is 12.0. The lowest BCUT2D eigenvalue weighted by Crippen LogP contribution is -2.33. The lowest BCUT2D eigenvalue weighted by molar-refractivity contribution is 0.0754. The molecule has 0 saturated carbocycles. The highest BCUT2D eigenvalue weighted by atomic mass is 32.1. The zero-order valence-electron chi connectivity index (χ0n) is 19.3. The zero-order valence-corrected chi connectivity index (χ0v) is 20.1. The van der Waals surface area contributed by atoms with Crippen LogP contribution in [0.15, 0.2) is 60.1 Å². The van der Waals surface area contributed by atoms with E-state index in [-0.39, 0.29) is 12.0 Å². The smallest absolute Gasteiger partial charge is 0.406 e. The minimum Gasteiger partial charge on any atom is -0.485 e. The maximum Gasteiger partial charge on any atom is 0.406 e. The lowest BCUT2D eigenvalue weighted by Gasteiger charge is -2.22. The number of nitrogens with zero attached hydrogens (tertiary/aromatic N) is 3. The standard InChI is InChI=1S/C25H28N4O4S/c1-28-14-15-29(24(30)20-5-3-12-26-23(20)28)17-18-7-9-19(10-8-18)33-21(22-6-4-16-34-22)11-13-27-25(31)32-2/h3-10,12,16,21H,11,13-15,17H2,1-2H3,(H,27,31). The minimum atomic E-state index is -0.457. The summed E-state index contributed by atoms with van der Waals surface area (Å²) in [5.74, 6) is 1.44. The molecule has 0 aliphatic carbocycles. The third-order valence-corrected chi connectivity index (χ3v) is 6.63. The number of alkyl carbamates (subject to hydrolysis) is 1. The van der Waals surface area contributed by atoms with Gasteiger partial charge in [-0.3, -0.25) is 4.79 Å². The lowest BCUT2D eigenvalue weighted by atomic mass is 10.1. The van der Waals surface area contributed by atoms with Gasteiger partial charge < -0.3 is 24.6 Å². The van der Waals surface area contributed by atoms with Crippen LogP contribution in [0, 0.1) is 0 Å². The Kier molecular flexibility index (Phi) is 7.64. The van der Waals surface area contributed by atoms with Crippen LogP contribution in [-0.2, 0) is 11.3 Å². The second-order valence-electron chi connectivity index (χ2n) is 8.00. The number of benzene rings is 1. The van der Waals surface area contributed by atoms with E-state index in [4.69, 9.17) is 4.74 Å². The molecule has 1 aliphatic rings. The van der Waals surface area contributed by atoms with E-state index >= 15 is 0 Å². The first-order valence-electron chi connectivity index (χ1n) is 11.1. The number of ether oxygens (including phenoxy) is 2. The van der Waals surface area contributed by atoms with Crippen LogP contribution < -0.4 is 15.0 Å². The van der Waals surface area contributed by atoms with Crippen molar-refractivity contribution in [3.8, 4) is 5.75 Å². The number of nitrogens with one attached hydrogen (secondary N) is 1. The van der Waals surface area contributed by atoms with E-state index in [9.17, 15) is 9.59 Å². The first-order chi connectivity index (χ1) is 16.5. The Labute approximate surface area is 203 Å². The quantitative estimate of drug-likeness (QED) is 0.523. The van der Waals surface area contributed by atoms with E-state index in [2.05, 4.69) is 15.0 Å². The summed E-state index contributed by atoms with van der Waals surface area (Å²) in [5, 5.41) is 4.71. The van der Waals surface area contributed by atoms with Gasteiger partial charge in [-0.2, -0.15) is 0 Å². The topological polar surface area (TPSA) is 84.0 Å². The van der Waals surface area contributed by atoms with Gasteiger partial charge in [0.2, 0.25) is 0 Å². The highest BCUT2D eigenvalue weighted by Crippen LogP contribution is 2.29. The number of aromatic nitrogens is 1. The number of methoxy groups -OCH3 is 1. The molecule has 3 aromatic rings. The second-order valence-corrected chi connectivity index (χ2v) is 8.98. The van der Waals surface area contributed by atoms with E-state index in [0.717, 1.165) is 28.6 Å². The van der Waals surface area contributed by atoms with Crippen LogP contribution in [0.25, 0.3) is 0 Å². The third kappa shape index (κ3) is 5.66. The fourth-order valence-corrected chi connectivity index (χ4v) is 4.63. The van der Waals surface area contributed by atoms with Crippen LogP contribution in [0.1, 0.15) is 33.3 Å². The van der Waals surface area contributed by atoms with Crippen LogP contribution in [0.3, 0.4) is 0 Å². The number of carbonyl (C=O) groups is 2. The molecule has 0 spiro atoms. The van der Waals surface area contributed by atoms with Crippen LogP contribution in [0.5, 0.6) is 5.75 Å². The molecule has 0 saturated heterocycles. The molecule has 3 heterocycles. The summed E-state index contributed by atoms with van der Waals surface area (Å²) in [6.07, 6.45) is 1.68. The Balaban J connectivity index is 1.41. The second kappa shape index (κ2) is 11.0. The summed E-state index contributed by atoms with van der Waals surface area (Å²) in [7, 11) is 3.30. The van der Waals surface area contributed by atoms with Crippen molar-refractivity contribution < 1.29 is 19.1 Å². The first kappa shape index (κ1) is 23.6. The summed E-state index contributed by atoms with van der Waals surface area (Å²) in [5.41, 5.74) is 1.65. The maximum absolute atomic E-state index is 13.1. The number of thiophene rings is 1. The Hall–Kier alpha value is -3.59. The van der Waals surface area contributed by atoms with Crippen LogP contribution in [0.2, 0.25) is 0 Å². The van der Waals surface area contributed by atoms with E-state index in [0.29, 0.717) is 31.6 Å². The van der Waals surface area contributed by atoms with Gasteiger partial charge in [-0.15, -0.1) is 11.3 Å². The number of rotatable bonds is 8. The van der Waals surface area contributed by atoms with Crippen molar-refractivity contribution in [3.63, 3.8) is 0 Å². The van der Waals surface area contributed by atoms with Crippen molar-refractivity contribution in [2.45, 2.75) is 19.1 Å². The molecule has 8 nitrogen and oxygen atoms in total. The van der Waals surface area contributed by atoms with Crippen LogP contribution >= 0.6 is 11.3 Å². The van der Waals surface area contributed by atoms with Gasteiger partial charge in [-0.1, -0.05) is 18.2 Å². The molecule has 0 radical (unpaired) electrons. The van der Waals surface area contributed by atoms with Gasteiger partial charge >= 0.3 is 6.09 Å². The van der Waals surface area contributed by atoms with Gasteiger partial charge in [0.05, 0.1) is 12.7 Å². The van der Waals surface area contributed by atoms with Gasteiger partial charge in [-0.25, -0.2) is 9.78 Å². The molecule has 0 fully saturated rings. The van der Waals surface area contributed by atoms with Gasteiger partial charge in [0.15, 0.2) is 0 Å². The number of carbonyl (C=O) groups excluding carboxylic acids is 2. The molecule has 1 N–H and O–H groups in total. The average Bonchev–Trinajstić information content (AvgIpc) is 3.37.